The molecule has 0 aromatic carbocycles. The standard InChI is InChI=1S/C4H8INO/c5-4-1-2-6(7)3-4/h4,6H,1-3H2. The summed E-state index contributed by atoms with van der Waals surface area (Å²) >= 11 is 2.33. The molecule has 2 nitrogen and oxygen atoms in total. The molecule has 42 valence electrons. The third kappa shape index (κ3) is 1.54. The maximum absolute atomic E-state index is 10.4. The summed E-state index contributed by atoms with van der Waals surface area (Å²) in [6.07, 6.45) is 1.11. The average molecular weight is 213 g/mol. The zero-order valence-electron chi connectivity index (χ0n) is 3.98. The fraction of sp³-hybridized carbons (Fsp3) is 1.00. The molecule has 2 atom stereocenters. The van der Waals surface area contributed by atoms with E-state index in [0.29, 0.717) is 8.99 Å². The molecule has 0 amide bonds. The number of hydrogen-bond acceptors (Lipinski definition) is 1. The van der Waals surface area contributed by atoms with Crippen LogP contribution in [0.5, 0.6) is 0 Å². The minimum absolute atomic E-state index is 0.444. The van der Waals surface area contributed by atoms with Crippen LogP contribution in [0.25, 0.3) is 0 Å². The van der Waals surface area contributed by atoms with E-state index in [2.05, 4.69) is 22.6 Å². The molecule has 0 saturated carbocycles. The molecule has 0 bridgehead atoms. The molecule has 2 unspecified atom stereocenters. The number of alkyl halides is 1. The Kier molecular flexibility index (Phi) is 1.88. The van der Waals surface area contributed by atoms with Crippen LogP contribution in [0.15, 0.2) is 0 Å². The van der Waals surface area contributed by atoms with Gasteiger partial charge in [-0.05, 0) is 0 Å². The quantitative estimate of drug-likeness (QED) is 0.330. The minimum atomic E-state index is 0.444. The summed E-state index contributed by atoms with van der Waals surface area (Å²) in [6.45, 7) is 1.65. The van der Waals surface area contributed by atoms with Crippen molar-refractivity contribution in [3.05, 3.63) is 5.21 Å². The molecule has 1 heterocycles. The lowest BCUT2D eigenvalue weighted by molar-refractivity contribution is -0.833. The van der Waals surface area contributed by atoms with Gasteiger partial charge in [0, 0.05) is 6.42 Å². The van der Waals surface area contributed by atoms with Crippen molar-refractivity contribution in [3.63, 3.8) is 0 Å². The van der Waals surface area contributed by atoms with Crippen molar-refractivity contribution in [1.29, 1.82) is 0 Å². The van der Waals surface area contributed by atoms with Crippen LogP contribution in [0.3, 0.4) is 0 Å². The normalized spacial score (nSPS) is 42.0. The average Bonchev–Trinajstić information content (AvgIpc) is 1.87. The number of nitrogens with one attached hydrogen (secondary N) is 1. The van der Waals surface area contributed by atoms with E-state index in [4.69, 9.17) is 0 Å². The Labute approximate surface area is 56.6 Å². The minimum Gasteiger partial charge on any atom is -0.634 e. The third-order valence-electron chi connectivity index (χ3n) is 1.19. The predicted octanol–water partition coefficient (Wildman–Crippen LogP) is -0.424. The van der Waals surface area contributed by atoms with Crippen molar-refractivity contribution < 1.29 is 5.06 Å². The first kappa shape index (κ1) is 5.78. The Morgan fingerprint density at radius 3 is 2.57 bits per heavy atom. The smallest absolute Gasteiger partial charge is 0.0890 e. The Hall–Kier alpha value is 0.650. The van der Waals surface area contributed by atoms with Gasteiger partial charge in [0.25, 0.3) is 0 Å². The first-order valence-electron chi connectivity index (χ1n) is 2.45. The van der Waals surface area contributed by atoms with Crippen LogP contribution in [0.2, 0.25) is 0 Å². The molecule has 3 heteroatoms. The zero-order valence-corrected chi connectivity index (χ0v) is 6.14. The van der Waals surface area contributed by atoms with Crippen molar-refractivity contribution in [2.75, 3.05) is 13.1 Å². The van der Waals surface area contributed by atoms with Gasteiger partial charge in [0.2, 0.25) is 0 Å². The van der Waals surface area contributed by atoms with Gasteiger partial charge in [-0.3, -0.25) is 0 Å². The molecule has 0 radical (unpaired) electrons. The lowest BCUT2D eigenvalue weighted by Crippen LogP contribution is -3.05. The Balaban J connectivity index is 2.26. The maximum Gasteiger partial charge on any atom is 0.0890 e. The van der Waals surface area contributed by atoms with Crippen molar-refractivity contribution in [1.82, 2.24) is 0 Å². The first-order valence-corrected chi connectivity index (χ1v) is 3.69. The van der Waals surface area contributed by atoms with Gasteiger partial charge in [0.1, 0.15) is 0 Å². The molecule has 0 aromatic rings. The van der Waals surface area contributed by atoms with Gasteiger partial charge in [0.05, 0.1) is 17.0 Å². The van der Waals surface area contributed by atoms with Crippen LogP contribution in [0.1, 0.15) is 6.42 Å². The molecule has 1 rings (SSSR count). The number of halogens is 1. The Bertz CT molecular complexity index is 60.7. The van der Waals surface area contributed by atoms with Gasteiger partial charge < -0.3 is 10.3 Å². The highest BCUT2D eigenvalue weighted by Crippen LogP contribution is 2.04. The number of hydrogen-bond donors (Lipinski definition) is 1. The summed E-state index contributed by atoms with van der Waals surface area (Å²) < 4.78 is 0.644. The zero-order chi connectivity index (χ0) is 5.28. The SMILES string of the molecule is [O-][NH+]1CCC(I)C1. The number of quaternary nitrogens is 1. The molecule has 7 heavy (non-hydrogen) atoms. The molecule has 1 aliphatic heterocycles. The lowest BCUT2D eigenvalue weighted by atomic mass is 10.4. The summed E-state index contributed by atoms with van der Waals surface area (Å²) in [5.74, 6) is 0. The number of rotatable bonds is 0. The van der Waals surface area contributed by atoms with Crippen molar-refractivity contribution in [2.45, 2.75) is 10.3 Å². The van der Waals surface area contributed by atoms with Crippen molar-refractivity contribution >= 4 is 22.6 Å². The summed E-state index contributed by atoms with van der Waals surface area (Å²) in [6, 6.07) is 0. The van der Waals surface area contributed by atoms with Crippen LogP contribution < -0.4 is 5.06 Å². The molecular weight excluding hydrogens is 205 g/mol. The lowest BCUT2D eigenvalue weighted by Gasteiger charge is -2.12. The Morgan fingerprint density at radius 1 is 1.71 bits per heavy atom. The van der Waals surface area contributed by atoms with Gasteiger partial charge in [-0.2, -0.15) is 0 Å². The van der Waals surface area contributed by atoms with E-state index in [1.54, 1.807) is 0 Å². The van der Waals surface area contributed by atoms with E-state index in [0.717, 1.165) is 19.5 Å². The van der Waals surface area contributed by atoms with Crippen LogP contribution in [-0.4, -0.2) is 17.0 Å². The molecule has 0 aliphatic carbocycles. The third-order valence-corrected chi connectivity index (χ3v) is 2.25. The fourth-order valence-electron chi connectivity index (χ4n) is 0.769. The van der Waals surface area contributed by atoms with Gasteiger partial charge >= 0.3 is 0 Å². The molecule has 1 saturated heterocycles. The molecular formula is C4H8INO. The fourth-order valence-corrected chi connectivity index (χ4v) is 1.57. The van der Waals surface area contributed by atoms with Crippen LogP contribution >= 0.6 is 22.6 Å². The van der Waals surface area contributed by atoms with Gasteiger partial charge in [-0.25, -0.2) is 0 Å². The molecule has 0 spiro atoms. The van der Waals surface area contributed by atoms with Crippen molar-refractivity contribution in [3.8, 4) is 0 Å². The summed E-state index contributed by atoms with van der Waals surface area (Å²) in [7, 11) is 0. The largest absolute Gasteiger partial charge is 0.634 e. The van der Waals surface area contributed by atoms with Gasteiger partial charge in [-0.1, -0.05) is 22.6 Å². The highest BCUT2D eigenvalue weighted by atomic mass is 127. The van der Waals surface area contributed by atoms with E-state index in [1.165, 1.54) is 0 Å². The maximum atomic E-state index is 10.4. The van der Waals surface area contributed by atoms with E-state index < -0.39 is 0 Å². The van der Waals surface area contributed by atoms with Crippen molar-refractivity contribution in [2.24, 2.45) is 0 Å². The second-order valence-electron chi connectivity index (χ2n) is 1.88. The number of hydroxylamine groups is 2. The van der Waals surface area contributed by atoms with Crippen LogP contribution in [0, 0.1) is 5.21 Å². The van der Waals surface area contributed by atoms with E-state index in [1.807, 2.05) is 0 Å². The van der Waals surface area contributed by atoms with Crippen LogP contribution in [-0.2, 0) is 0 Å². The predicted molar refractivity (Wildman–Crippen MR) is 36.5 cm³/mol. The topological polar surface area (TPSA) is 27.5 Å². The van der Waals surface area contributed by atoms with E-state index in [-0.39, 0.29) is 0 Å². The highest BCUT2D eigenvalue weighted by molar-refractivity contribution is 14.1. The molecule has 0 aromatic heterocycles. The molecule has 1 N–H and O–H groups in total. The second-order valence-corrected chi connectivity index (χ2v) is 3.64. The van der Waals surface area contributed by atoms with Gasteiger partial charge in [0.15, 0.2) is 0 Å². The highest BCUT2D eigenvalue weighted by Gasteiger charge is 2.16. The summed E-state index contributed by atoms with van der Waals surface area (Å²) in [5.41, 5.74) is 0. The summed E-state index contributed by atoms with van der Waals surface area (Å²) in [5, 5.41) is 10.9. The Morgan fingerprint density at radius 2 is 2.43 bits per heavy atom. The summed E-state index contributed by atoms with van der Waals surface area (Å²) in [4.78, 5) is 0. The monoisotopic (exact) mass is 213 g/mol. The molecule has 1 aliphatic rings. The first-order chi connectivity index (χ1) is 3.29. The molecule has 1 fully saturated rings. The van der Waals surface area contributed by atoms with E-state index >= 15 is 0 Å². The second kappa shape index (κ2) is 2.28. The van der Waals surface area contributed by atoms with Gasteiger partial charge in [-0.15, -0.1) is 0 Å². The van der Waals surface area contributed by atoms with Crippen LogP contribution in [0.4, 0.5) is 0 Å². The van der Waals surface area contributed by atoms with E-state index in [9.17, 15) is 5.21 Å².